The van der Waals surface area contributed by atoms with Gasteiger partial charge in [0.2, 0.25) is 0 Å². The number of halogens is 1. The van der Waals surface area contributed by atoms with Gasteiger partial charge in [-0.1, -0.05) is 44.2 Å². The molecule has 4 rings (SSSR count). The second-order valence-corrected chi connectivity index (χ2v) is 8.34. The predicted octanol–water partition coefficient (Wildman–Crippen LogP) is 5.97. The van der Waals surface area contributed by atoms with E-state index in [9.17, 15) is 9.18 Å². The smallest absolute Gasteiger partial charge is 0.265 e. The molecule has 154 valence electrons. The molecule has 0 unspecified atom stereocenters. The van der Waals surface area contributed by atoms with E-state index in [0.29, 0.717) is 11.4 Å². The van der Waals surface area contributed by atoms with Crippen molar-refractivity contribution in [1.29, 1.82) is 0 Å². The Morgan fingerprint density at radius 1 is 1.10 bits per heavy atom. The first-order valence-electron chi connectivity index (χ1n) is 10.1. The second-order valence-electron chi connectivity index (χ2n) is 7.31. The van der Waals surface area contributed by atoms with Gasteiger partial charge in [-0.15, -0.1) is 11.3 Å². The van der Waals surface area contributed by atoms with Gasteiger partial charge in [-0.25, -0.2) is 4.39 Å². The Morgan fingerprint density at radius 2 is 1.77 bits per heavy atom. The van der Waals surface area contributed by atoms with Crippen LogP contribution in [0.15, 0.2) is 48.5 Å². The lowest BCUT2D eigenvalue weighted by Gasteiger charge is -2.13. The standard InChI is InChI=1S/C24H24FN3OS/c1-4-17-7-6-8-18(5-2)22(17)26-23(29)21-13-20-15(3)27-28(24(20)30-21)14-16-9-11-19(25)12-10-16/h6-13H,4-5,14H2,1-3H3,(H,26,29). The Labute approximate surface area is 179 Å². The molecule has 0 atom stereocenters. The number of fused-ring (bicyclic) bond motifs is 1. The van der Waals surface area contributed by atoms with Crippen LogP contribution in [-0.4, -0.2) is 15.7 Å². The van der Waals surface area contributed by atoms with Gasteiger partial charge in [0, 0.05) is 11.1 Å². The summed E-state index contributed by atoms with van der Waals surface area (Å²) in [6.07, 6.45) is 1.73. The summed E-state index contributed by atoms with van der Waals surface area (Å²) in [5.74, 6) is -0.353. The molecule has 1 amide bonds. The Morgan fingerprint density at radius 3 is 2.40 bits per heavy atom. The number of hydrogen-bond donors (Lipinski definition) is 1. The SMILES string of the molecule is CCc1cccc(CC)c1NC(=O)c1cc2c(C)nn(Cc3ccc(F)cc3)c2s1. The molecule has 0 saturated heterocycles. The fraction of sp³-hybridized carbons (Fsp3) is 0.250. The number of hydrogen-bond acceptors (Lipinski definition) is 3. The van der Waals surface area contributed by atoms with Gasteiger partial charge in [0.15, 0.2) is 0 Å². The average molecular weight is 422 g/mol. The third kappa shape index (κ3) is 3.87. The van der Waals surface area contributed by atoms with Crippen molar-refractivity contribution in [2.24, 2.45) is 0 Å². The highest BCUT2D eigenvalue weighted by Crippen LogP contribution is 2.30. The lowest BCUT2D eigenvalue weighted by atomic mass is 10.0. The molecular formula is C24H24FN3OS. The first-order chi connectivity index (χ1) is 14.5. The van der Waals surface area contributed by atoms with Crippen molar-refractivity contribution in [3.8, 4) is 0 Å². The molecule has 0 fully saturated rings. The van der Waals surface area contributed by atoms with Crippen molar-refractivity contribution >= 4 is 33.1 Å². The quantitative estimate of drug-likeness (QED) is 0.417. The number of anilines is 1. The monoisotopic (exact) mass is 421 g/mol. The van der Waals surface area contributed by atoms with Crippen molar-refractivity contribution in [3.05, 3.63) is 81.6 Å². The Bertz CT molecular complexity index is 1190. The molecule has 30 heavy (non-hydrogen) atoms. The van der Waals surface area contributed by atoms with E-state index in [1.807, 2.05) is 23.7 Å². The number of rotatable bonds is 6. The summed E-state index contributed by atoms with van der Waals surface area (Å²) in [7, 11) is 0. The van der Waals surface area contributed by atoms with Gasteiger partial charge in [0.05, 0.1) is 17.1 Å². The lowest BCUT2D eigenvalue weighted by Crippen LogP contribution is -2.13. The molecule has 1 N–H and O–H groups in total. The predicted molar refractivity (Wildman–Crippen MR) is 121 cm³/mol. The van der Waals surface area contributed by atoms with E-state index in [4.69, 9.17) is 0 Å². The molecule has 6 heteroatoms. The van der Waals surface area contributed by atoms with Gasteiger partial charge in [0.25, 0.3) is 5.91 Å². The zero-order chi connectivity index (χ0) is 21.3. The maximum absolute atomic E-state index is 13.2. The molecule has 0 aliphatic heterocycles. The third-order valence-corrected chi connectivity index (χ3v) is 6.46. The van der Waals surface area contributed by atoms with Crippen LogP contribution in [0.25, 0.3) is 10.2 Å². The molecule has 0 spiro atoms. The van der Waals surface area contributed by atoms with Crippen LogP contribution >= 0.6 is 11.3 Å². The Kier molecular flexibility index (Phi) is 5.68. The number of nitrogens with zero attached hydrogens (tertiary/aromatic N) is 2. The number of carbonyl (C=O) groups is 1. The number of para-hydroxylation sites is 1. The van der Waals surface area contributed by atoms with Gasteiger partial charge >= 0.3 is 0 Å². The van der Waals surface area contributed by atoms with Crippen molar-refractivity contribution in [2.45, 2.75) is 40.2 Å². The highest BCUT2D eigenvalue weighted by molar-refractivity contribution is 7.20. The fourth-order valence-electron chi connectivity index (χ4n) is 3.67. The second kappa shape index (κ2) is 8.40. The molecule has 0 radical (unpaired) electrons. The zero-order valence-electron chi connectivity index (χ0n) is 17.3. The maximum Gasteiger partial charge on any atom is 0.265 e. The van der Waals surface area contributed by atoms with Crippen LogP contribution in [-0.2, 0) is 19.4 Å². The summed E-state index contributed by atoms with van der Waals surface area (Å²) < 4.78 is 15.1. The van der Waals surface area contributed by atoms with Gasteiger partial charge in [0.1, 0.15) is 10.6 Å². The molecule has 2 aromatic carbocycles. The molecular weight excluding hydrogens is 397 g/mol. The van der Waals surface area contributed by atoms with Crippen LogP contribution in [0.5, 0.6) is 0 Å². The minimum Gasteiger partial charge on any atom is -0.321 e. The van der Waals surface area contributed by atoms with E-state index in [-0.39, 0.29) is 11.7 Å². The van der Waals surface area contributed by atoms with E-state index < -0.39 is 0 Å². The van der Waals surface area contributed by atoms with Crippen molar-refractivity contribution in [3.63, 3.8) is 0 Å². The van der Waals surface area contributed by atoms with Gasteiger partial charge in [-0.05, 0) is 54.7 Å². The number of carbonyl (C=O) groups excluding carboxylic acids is 1. The van der Waals surface area contributed by atoms with E-state index >= 15 is 0 Å². The number of benzene rings is 2. The molecule has 4 nitrogen and oxygen atoms in total. The maximum atomic E-state index is 13.2. The van der Waals surface area contributed by atoms with Crippen molar-refractivity contribution in [1.82, 2.24) is 9.78 Å². The lowest BCUT2D eigenvalue weighted by molar-refractivity contribution is 0.103. The molecule has 0 bridgehead atoms. The van der Waals surface area contributed by atoms with Gasteiger partial charge in [-0.3, -0.25) is 9.48 Å². The van der Waals surface area contributed by atoms with Gasteiger partial charge in [-0.2, -0.15) is 5.10 Å². The number of aromatic nitrogens is 2. The number of thiophene rings is 1. The zero-order valence-corrected chi connectivity index (χ0v) is 18.1. The number of aryl methyl sites for hydroxylation is 3. The topological polar surface area (TPSA) is 46.9 Å². The van der Waals surface area contributed by atoms with Crippen LogP contribution in [0, 0.1) is 12.7 Å². The van der Waals surface area contributed by atoms with E-state index in [1.165, 1.54) is 23.5 Å². The Hall–Kier alpha value is -2.99. The first-order valence-corrected chi connectivity index (χ1v) is 10.9. The first kappa shape index (κ1) is 20.3. The molecule has 0 aliphatic rings. The molecule has 0 aliphatic carbocycles. The van der Waals surface area contributed by atoms with Gasteiger partial charge < -0.3 is 5.32 Å². The van der Waals surface area contributed by atoms with Crippen molar-refractivity contribution < 1.29 is 9.18 Å². The van der Waals surface area contributed by atoms with E-state index in [2.05, 4.69) is 36.4 Å². The minimum absolute atomic E-state index is 0.0977. The molecule has 2 aromatic heterocycles. The largest absolute Gasteiger partial charge is 0.321 e. The highest BCUT2D eigenvalue weighted by atomic mass is 32.1. The summed E-state index contributed by atoms with van der Waals surface area (Å²) in [5, 5.41) is 8.73. The third-order valence-electron chi connectivity index (χ3n) is 5.31. The van der Waals surface area contributed by atoms with E-state index in [1.54, 1.807) is 12.1 Å². The normalized spacial score (nSPS) is 11.2. The summed E-state index contributed by atoms with van der Waals surface area (Å²) in [6, 6.07) is 14.5. The molecule has 2 heterocycles. The van der Waals surface area contributed by atoms with Crippen LogP contribution in [0.2, 0.25) is 0 Å². The number of amides is 1. The Balaban J connectivity index is 1.64. The van der Waals surface area contributed by atoms with E-state index in [0.717, 1.165) is 51.1 Å². The summed E-state index contributed by atoms with van der Waals surface area (Å²) >= 11 is 1.44. The minimum atomic E-state index is -0.255. The van der Waals surface area contributed by atoms with Crippen LogP contribution < -0.4 is 5.32 Å². The van der Waals surface area contributed by atoms with Crippen LogP contribution in [0.1, 0.15) is 45.9 Å². The molecule has 4 aromatic rings. The summed E-state index contributed by atoms with van der Waals surface area (Å²) in [6.45, 7) is 6.67. The van der Waals surface area contributed by atoms with Crippen LogP contribution in [0.3, 0.4) is 0 Å². The van der Waals surface area contributed by atoms with Crippen molar-refractivity contribution in [2.75, 3.05) is 5.32 Å². The van der Waals surface area contributed by atoms with Crippen LogP contribution in [0.4, 0.5) is 10.1 Å². The fourth-order valence-corrected chi connectivity index (χ4v) is 4.73. The summed E-state index contributed by atoms with van der Waals surface area (Å²) in [4.78, 5) is 14.7. The summed E-state index contributed by atoms with van der Waals surface area (Å²) in [5.41, 5.74) is 5.05. The highest BCUT2D eigenvalue weighted by Gasteiger charge is 2.18. The molecule has 0 saturated carbocycles. The number of nitrogens with one attached hydrogen (secondary N) is 1. The average Bonchev–Trinajstić information content (AvgIpc) is 3.31.